The van der Waals surface area contributed by atoms with Gasteiger partial charge in [-0.3, -0.25) is 10.1 Å². The number of non-ortho nitro benzene ring substituents is 1. The van der Waals surface area contributed by atoms with E-state index in [-0.39, 0.29) is 5.69 Å². The summed E-state index contributed by atoms with van der Waals surface area (Å²) >= 11 is 5.29. The molecule has 0 spiro atoms. The second-order valence-corrected chi connectivity index (χ2v) is 6.98. The van der Waals surface area contributed by atoms with Crippen LogP contribution in [-0.4, -0.2) is 23.1 Å². The minimum Gasteiger partial charge on any atom is -0.332 e. The highest BCUT2D eigenvalue weighted by Crippen LogP contribution is 2.17. The largest absolute Gasteiger partial charge is 0.332 e. The van der Waals surface area contributed by atoms with Crippen molar-refractivity contribution in [3.8, 4) is 0 Å². The minimum atomic E-state index is -0.426. The predicted octanol–water partition coefficient (Wildman–Crippen LogP) is 2.97. The van der Waals surface area contributed by atoms with E-state index in [1.165, 1.54) is 50.0 Å². The van der Waals surface area contributed by atoms with Crippen molar-refractivity contribution in [2.75, 3.05) is 23.7 Å². The fraction of sp³-hybridized carbons (Fsp3) is 0.316. The summed E-state index contributed by atoms with van der Waals surface area (Å²) in [5.41, 5.74) is 2.83. The van der Waals surface area contributed by atoms with Gasteiger partial charge in [0.15, 0.2) is 5.11 Å². The number of hydrogen-bond acceptors (Lipinski definition) is 3. The average Bonchev–Trinajstić information content (AvgIpc) is 2.64. The summed E-state index contributed by atoms with van der Waals surface area (Å²) in [4.78, 5) is 12.1. The molecule has 0 aromatic heterocycles. The van der Waals surface area contributed by atoms with Crippen molar-refractivity contribution in [3.05, 3.63) is 64.2 Å². The molecule has 7 heteroatoms. The Hall–Kier alpha value is -2.51. The Balaban J connectivity index is 1.54. The van der Waals surface area contributed by atoms with Gasteiger partial charge < -0.3 is 15.5 Å². The van der Waals surface area contributed by atoms with E-state index in [0.717, 1.165) is 12.2 Å². The summed E-state index contributed by atoms with van der Waals surface area (Å²) in [6, 6.07) is 14.6. The van der Waals surface area contributed by atoms with Gasteiger partial charge in [-0.15, -0.1) is 0 Å². The summed E-state index contributed by atoms with van der Waals surface area (Å²) < 4.78 is 0. The van der Waals surface area contributed by atoms with Crippen LogP contribution >= 0.6 is 12.2 Å². The summed E-state index contributed by atoms with van der Waals surface area (Å²) in [5.74, 6) is 0. The maximum absolute atomic E-state index is 10.8. The molecule has 0 radical (unpaired) electrons. The molecule has 0 bridgehead atoms. The molecule has 136 valence electrons. The van der Waals surface area contributed by atoms with Crippen molar-refractivity contribution in [1.82, 2.24) is 0 Å². The number of nitrogens with zero attached hydrogens (tertiary/aromatic N) is 1. The lowest BCUT2D eigenvalue weighted by Gasteiger charge is -2.23. The standard InChI is InChI=1S/C19H22N4O2S/c24-23(25)18-6-4-5-17(13-18)21-19(26)20-16-9-7-15(8-10-16)14-22-11-2-1-3-12-22/h4-10,13H,1-3,11-12,14H2,(H2,20,21,26)/p+1. The normalized spacial score (nSPS) is 14.6. The van der Waals surface area contributed by atoms with E-state index >= 15 is 0 Å². The van der Waals surface area contributed by atoms with Crippen molar-refractivity contribution in [2.45, 2.75) is 25.8 Å². The second kappa shape index (κ2) is 8.73. The lowest BCUT2D eigenvalue weighted by Crippen LogP contribution is -3.11. The van der Waals surface area contributed by atoms with Crippen LogP contribution in [0.25, 0.3) is 0 Å². The number of nitro benzene ring substituents is 1. The van der Waals surface area contributed by atoms with Crippen LogP contribution < -0.4 is 15.5 Å². The van der Waals surface area contributed by atoms with Gasteiger partial charge >= 0.3 is 0 Å². The Kier molecular flexibility index (Phi) is 6.14. The first-order chi connectivity index (χ1) is 12.6. The van der Waals surface area contributed by atoms with Gasteiger partial charge in [0.25, 0.3) is 5.69 Å². The first-order valence-electron chi connectivity index (χ1n) is 8.85. The molecule has 2 aromatic carbocycles. The zero-order valence-electron chi connectivity index (χ0n) is 14.5. The third-order valence-corrected chi connectivity index (χ3v) is 4.75. The Labute approximate surface area is 158 Å². The summed E-state index contributed by atoms with van der Waals surface area (Å²) in [6.07, 6.45) is 4.01. The van der Waals surface area contributed by atoms with E-state index in [1.807, 2.05) is 12.1 Å². The Bertz CT molecular complexity index is 773. The van der Waals surface area contributed by atoms with E-state index in [4.69, 9.17) is 12.2 Å². The van der Waals surface area contributed by atoms with Crippen molar-refractivity contribution < 1.29 is 9.82 Å². The Morgan fingerprint density at radius 2 is 1.73 bits per heavy atom. The minimum absolute atomic E-state index is 0.0300. The fourth-order valence-electron chi connectivity index (χ4n) is 3.21. The molecule has 0 saturated carbocycles. The van der Waals surface area contributed by atoms with Crippen LogP contribution in [0.5, 0.6) is 0 Å². The number of benzene rings is 2. The van der Waals surface area contributed by atoms with Gasteiger partial charge in [0.2, 0.25) is 0 Å². The van der Waals surface area contributed by atoms with Crippen LogP contribution in [0, 0.1) is 10.1 Å². The lowest BCUT2D eigenvalue weighted by molar-refractivity contribution is -0.918. The van der Waals surface area contributed by atoms with E-state index < -0.39 is 4.92 Å². The smallest absolute Gasteiger partial charge is 0.271 e. The predicted molar refractivity (Wildman–Crippen MR) is 108 cm³/mol. The Morgan fingerprint density at radius 3 is 2.42 bits per heavy atom. The number of hydrogen-bond donors (Lipinski definition) is 3. The van der Waals surface area contributed by atoms with Crippen LogP contribution in [0.3, 0.4) is 0 Å². The SMILES string of the molecule is O=[N+]([O-])c1cccc(NC(=S)Nc2ccc(C[NH+]3CCCCC3)cc2)c1. The number of thiocarbonyl (C=S) groups is 1. The van der Waals surface area contributed by atoms with Crippen molar-refractivity contribution in [3.63, 3.8) is 0 Å². The van der Waals surface area contributed by atoms with Gasteiger partial charge in [-0.1, -0.05) is 18.2 Å². The lowest BCUT2D eigenvalue weighted by atomic mass is 10.1. The van der Waals surface area contributed by atoms with Gasteiger partial charge in [-0.25, -0.2) is 0 Å². The van der Waals surface area contributed by atoms with Crippen molar-refractivity contribution >= 4 is 34.4 Å². The first-order valence-corrected chi connectivity index (χ1v) is 9.26. The monoisotopic (exact) mass is 371 g/mol. The summed E-state index contributed by atoms with van der Waals surface area (Å²) in [7, 11) is 0. The molecule has 1 aliphatic rings. The zero-order chi connectivity index (χ0) is 18.4. The van der Waals surface area contributed by atoms with Crippen LogP contribution in [0.2, 0.25) is 0 Å². The highest BCUT2D eigenvalue weighted by Gasteiger charge is 2.13. The number of rotatable bonds is 5. The highest BCUT2D eigenvalue weighted by molar-refractivity contribution is 7.80. The van der Waals surface area contributed by atoms with Crippen LogP contribution in [-0.2, 0) is 6.54 Å². The number of piperidine rings is 1. The number of quaternary nitrogens is 1. The number of likely N-dealkylation sites (tertiary alicyclic amines) is 1. The number of nitrogens with one attached hydrogen (secondary N) is 3. The quantitative estimate of drug-likeness (QED) is 0.428. The van der Waals surface area contributed by atoms with Gasteiger partial charge in [-0.05, 0) is 49.7 Å². The van der Waals surface area contributed by atoms with E-state index in [2.05, 4.69) is 22.8 Å². The maximum Gasteiger partial charge on any atom is 0.271 e. The molecule has 1 saturated heterocycles. The third kappa shape index (κ3) is 5.24. The van der Waals surface area contributed by atoms with Gasteiger partial charge in [-0.2, -0.15) is 0 Å². The highest BCUT2D eigenvalue weighted by atomic mass is 32.1. The number of anilines is 2. The fourth-order valence-corrected chi connectivity index (χ4v) is 3.45. The van der Waals surface area contributed by atoms with E-state index in [1.54, 1.807) is 17.0 Å². The molecule has 26 heavy (non-hydrogen) atoms. The van der Waals surface area contributed by atoms with Crippen LogP contribution in [0.15, 0.2) is 48.5 Å². The molecule has 0 atom stereocenters. The molecule has 0 aliphatic carbocycles. The van der Waals surface area contributed by atoms with Crippen LogP contribution in [0.1, 0.15) is 24.8 Å². The molecule has 1 fully saturated rings. The van der Waals surface area contributed by atoms with Crippen molar-refractivity contribution in [2.24, 2.45) is 0 Å². The third-order valence-electron chi connectivity index (χ3n) is 4.54. The molecule has 0 unspecified atom stereocenters. The first kappa shape index (κ1) is 18.3. The topological polar surface area (TPSA) is 71.6 Å². The van der Waals surface area contributed by atoms with E-state index in [9.17, 15) is 10.1 Å². The van der Waals surface area contributed by atoms with Gasteiger partial charge in [0.1, 0.15) is 6.54 Å². The average molecular weight is 371 g/mol. The molecule has 1 aliphatic heterocycles. The maximum atomic E-state index is 10.8. The molecule has 1 heterocycles. The summed E-state index contributed by atoms with van der Waals surface area (Å²) in [5, 5.41) is 17.3. The van der Waals surface area contributed by atoms with Crippen LogP contribution in [0.4, 0.5) is 17.1 Å². The molecule has 0 amide bonds. The number of nitro groups is 1. The van der Waals surface area contributed by atoms with Crippen molar-refractivity contribution in [1.29, 1.82) is 0 Å². The Morgan fingerprint density at radius 1 is 1.04 bits per heavy atom. The molecule has 2 aromatic rings. The van der Waals surface area contributed by atoms with Gasteiger partial charge in [0.05, 0.1) is 18.0 Å². The van der Waals surface area contributed by atoms with Gasteiger partial charge in [0, 0.05) is 29.1 Å². The molecular weight excluding hydrogens is 348 g/mol. The second-order valence-electron chi connectivity index (χ2n) is 6.57. The molecule has 6 nitrogen and oxygen atoms in total. The molecular formula is C19H23N4O2S+. The summed E-state index contributed by atoms with van der Waals surface area (Å²) in [6.45, 7) is 3.59. The molecule has 3 N–H and O–H groups in total. The van der Waals surface area contributed by atoms with E-state index in [0.29, 0.717) is 10.8 Å². The zero-order valence-corrected chi connectivity index (χ0v) is 15.3. The molecule has 3 rings (SSSR count).